The summed E-state index contributed by atoms with van der Waals surface area (Å²) in [6.07, 6.45) is 5.11. The molecule has 1 aliphatic rings. The molecule has 0 heterocycles. The number of amides is 1. The average Bonchev–Trinajstić information content (AvgIpc) is 2.18. The number of hydrogen-bond acceptors (Lipinski definition) is 2. The number of carbonyl (C=O) groups is 2. The Hall–Kier alpha value is -1.06. The summed E-state index contributed by atoms with van der Waals surface area (Å²) >= 11 is 0. The molecule has 0 aliphatic heterocycles. The molecule has 0 unspecified atom stereocenters. The van der Waals surface area contributed by atoms with Gasteiger partial charge in [0.2, 0.25) is 5.91 Å². The van der Waals surface area contributed by atoms with Crippen LogP contribution in [0.2, 0.25) is 0 Å². The van der Waals surface area contributed by atoms with E-state index in [0.29, 0.717) is 11.3 Å². The monoisotopic (exact) mass is 283 g/mol. The van der Waals surface area contributed by atoms with Crippen LogP contribution in [0.1, 0.15) is 66.2 Å². The molecule has 1 fully saturated rings. The van der Waals surface area contributed by atoms with Crippen molar-refractivity contribution in [2.45, 2.75) is 66.2 Å². The Morgan fingerprint density at radius 3 is 2.25 bits per heavy atom. The van der Waals surface area contributed by atoms with Gasteiger partial charge in [0.1, 0.15) is 0 Å². The summed E-state index contributed by atoms with van der Waals surface area (Å²) in [4.78, 5) is 22.8. The van der Waals surface area contributed by atoms with Gasteiger partial charge in [-0.25, -0.2) is 0 Å². The van der Waals surface area contributed by atoms with Gasteiger partial charge in [-0.1, -0.05) is 34.1 Å². The number of carbonyl (C=O) groups excluding carboxylic acids is 1. The maximum absolute atomic E-state index is 12.0. The predicted octanol–water partition coefficient (Wildman–Crippen LogP) is 3.21. The van der Waals surface area contributed by atoms with Crippen LogP contribution in [0, 0.1) is 16.7 Å². The molecule has 1 aliphatic carbocycles. The largest absolute Gasteiger partial charge is 0.481 e. The van der Waals surface area contributed by atoms with Crippen molar-refractivity contribution < 1.29 is 14.7 Å². The third-order valence-electron chi connectivity index (χ3n) is 4.18. The molecule has 1 saturated carbocycles. The molecule has 1 amide bonds. The van der Waals surface area contributed by atoms with Crippen molar-refractivity contribution in [1.29, 1.82) is 0 Å². The van der Waals surface area contributed by atoms with Crippen molar-refractivity contribution in [3.05, 3.63) is 0 Å². The first-order valence-electron chi connectivity index (χ1n) is 7.63. The number of rotatable bonds is 8. The Bertz CT molecular complexity index is 357. The van der Waals surface area contributed by atoms with Crippen LogP contribution in [0.3, 0.4) is 0 Å². The number of nitrogens with one attached hydrogen (secondary N) is 1. The number of carboxylic acid groups (broad SMARTS) is 1. The standard InChI is InChI=1S/C16H29NO3/c1-12(2)8-16(6-5-7-16)11-17-13(18)9-15(3,4)10-14(19)20/h12H,5-11H2,1-4H3,(H,17,18)(H,19,20). The van der Waals surface area contributed by atoms with Gasteiger partial charge >= 0.3 is 5.97 Å². The van der Waals surface area contributed by atoms with Crippen LogP contribution in [-0.2, 0) is 9.59 Å². The second-order valence-corrected chi connectivity index (χ2v) is 7.64. The Morgan fingerprint density at radius 2 is 1.85 bits per heavy atom. The highest BCUT2D eigenvalue weighted by Gasteiger charge is 2.37. The van der Waals surface area contributed by atoms with Crippen LogP contribution < -0.4 is 5.32 Å². The fourth-order valence-electron chi connectivity index (χ4n) is 3.25. The molecule has 4 nitrogen and oxygen atoms in total. The molecular weight excluding hydrogens is 254 g/mol. The molecule has 2 N–H and O–H groups in total. The number of carboxylic acids is 1. The summed E-state index contributed by atoms with van der Waals surface area (Å²) in [7, 11) is 0. The molecule has 0 bridgehead atoms. The van der Waals surface area contributed by atoms with E-state index in [1.165, 1.54) is 19.3 Å². The maximum Gasteiger partial charge on any atom is 0.303 e. The maximum atomic E-state index is 12.0. The van der Waals surface area contributed by atoms with Crippen LogP contribution in [0.25, 0.3) is 0 Å². The van der Waals surface area contributed by atoms with Crippen LogP contribution in [0.5, 0.6) is 0 Å². The fraction of sp³-hybridized carbons (Fsp3) is 0.875. The molecular formula is C16H29NO3. The minimum absolute atomic E-state index is 0.0220. The minimum atomic E-state index is -0.849. The Labute approximate surface area is 122 Å². The van der Waals surface area contributed by atoms with E-state index >= 15 is 0 Å². The smallest absolute Gasteiger partial charge is 0.303 e. The molecule has 0 saturated heterocycles. The Balaban J connectivity index is 2.41. The van der Waals surface area contributed by atoms with Gasteiger partial charge in [-0.05, 0) is 36.0 Å². The van der Waals surface area contributed by atoms with Crippen molar-refractivity contribution in [1.82, 2.24) is 5.32 Å². The van der Waals surface area contributed by atoms with E-state index in [2.05, 4.69) is 19.2 Å². The first kappa shape index (κ1) is 17.0. The molecule has 0 aromatic rings. The van der Waals surface area contributed by atoms with E-state index in [1.54, 1.807) is 0 Å². The quantitative estimate of drug-likeness (QED) is 0.719. The topological polar surface area (TPSA) is 66.4 Å². The first-order chi connectivity index (χ1) is 9.14. The molecule has 4 heteroatoms. The van der Waals surface area contributed by atoms with E-state index < -0.39 is 11.4 Å². The van der Waals surface area contributed by atoms with Gasteiger partial charge in [-0.2, -0.15) is 0 Å². The molecule has 20 heavy (non-hydrogen) atoms. The van der Waals surface area contributed by atoms with Gasteiger partial charge in [-0.3, -0.25) is 9.59 Å². The molecule has 0 spiro atoms. The third kappa shape index (κ3) is 5.51. The van der Waals surface area contributed by atoms with Crippen molar-refractivity contribution in [3.63, 3.8) is 0 Å². The summed E-state index contributed by atoms with van der Waals surface area (Å²) in [5.41, 5.74) is -0.193. The van der Waals surface area contributed by atoms with Crippen LogP contribution >= 0.6 is 0 Å². The second-order valence-electron chi connectivity index (χ2n) is 7.64. The molecule has 0 radical (unpaired) electrons. The van der Waals surface area contributed by atoms with Crippen molar-refractivity contribution in [2.24, 2.45) is 16.7 Å². The van der Waals surface area contributed by atoms with Crippen LogP contribution in [-0.4, -0.2) is 23.5 Å². The van der Waals surface area contributed by atoms with Gasteiger partial charge in [-0.15, -0.1) is 0 Å². The Kier molecular flexibility index (Phi) is 5.60. The average molecular weight is 283 g/mol. The van der Waals surface area contributed by atoms with E-state index in [9.17, 15) is 9.59 Å². The van der Waals surface area contributed by atoms with Gasteiger partial charge < -0.3 is 10.4 Å². The van der Waals surface area contributed by atoms with Gasteiger partial charge in [0.05, 0.1) is 6.42 Å². The predicted molar refractivity (Wildman–Crippen MR) is 79.4 cm³/mol. The van der Waals surface area contributed by atoms with Crippen LogP contribution in [0.15, 0.2) is 0 Å². The summed E-state index contributed by atoms with van der Waals surface area (Å²) in [5, 5.41) is 11.9. The third-order valence-corrected chi connectivity index (χ3v) is 4.18. The van der Waals surface area contributed by atoms with E-state index in [1.807, 2.05) is 13.8 Å². The Morgan fingerprint density at radius 1 is 1.25 bits per heavy atom. The van der Waals surface area contributed by atoms with Crippen LogP contribution in [0.4, 0.5) is 0 Å². The van der Waals surface area contributed by atoms with Crippen molar-refractivity contribution >= 4 is 11.9 Å². The summed E-state index contributed by atoms with van der Waals surface area (Å²) < 4.78 is 0. The lowest BCUT2D eigenvalue weighted by Crippen LogP contribution is -2.43. The summed E-state index contributed by atoms with van der Waals surface area (Å²) in [6, 6.07) is 0. The normalized spacial score (nSPS) is 17.6. The zero-order chi connectivity index (χ0) is 15.4. The highest BCUT2D eigenvalue weighted by atomic mass is 16.4. The zero-order valence-corrected chi connectivity index (χ0v) is 13.3. The van der Waals surface area contributed by atoms with Crippen molar-refractivity contribution in [3.8, 4) is 0 Å². The number of aliphatic carboxylic acids is 1. The van der Waals surface area contributed by atoms with E-state index in [-0.39, 0.29) is 18.7 Å². The summed E-state index contributed by atoms with van der Waals surface area (Å²) in [6.45, 7) is 8.84. The first-order valence-corrected chi connectivity index (χ1v) is 7.63. The van der Waals surface area contributed by atoms with E-state index in [0.717, 1.165) is 13.0 Å². The fourth-order valence-corrected chi connectivity index (χ4v) is 3.25. The van der Waals surface area contributed by atoms with E-state index in [4.69, 9.17) is 5.11 Å². The minimum Gasteiger partial charge on any atom is -0.481 e. The lowest BCUT2D eigenvalue weighted by molar-refractivity contribution is -0.139. The molecule has 116 valence electrons. The lowest BCUT2D eigenvalue weighted by atomic mass is 9.64. The zero-order valence-electron chi connectivity index (χ0n) is 13.3. The molecule has 0 aromatic heterocycles. The lowest BCUT2D eigenvalue weighted by Gasteiger charge is -2.43. The molecule has 0 atom stereocenters. The van der Waals surface area contributed by atoms with Gasteiger partial charge in [0.15, 0.2) is 0 Å². The number of hydrogen-bond donors (Lipinski definition) is 2. The molecule has 1 rings (SSSR count). The van der Waals surface area contributed by atoms with Gasteiger partial charge in [0.25, 0.3) is 0 Å². The highest BCUT2D eigenvalue weighted by Crippen LogP contribution is 2.45. The highest BCUT2D eigenvalue weighted by molar-refractivity contribution is 5.77. The SMILES string of the molecule is CC(C)CC1(CNC(=O)CC(C)(C)CC(=O)O)CCC1. The van der Waals surface area contributed by atoms with Gasteiger partial charge in [0, 0.05) is 13.0 Å². The summed E-state index contributed by atoms with van der Waals surface area (Å²) in [5.74, 6) is -0.222. The second kappa shape index (κ2) is 6.59. The molecule has 0 aromatic carbocycles. The van der Waals surface area contributed by atoms with Crippen molar-refractivity contribution in [2.75, 3.05) is 6.54 Å².